The van der Waals surface area contributed by atoms with E-state index in [0.29, 0.717) is 24.4 Å². The fraction of sp³-hybridized carbons (Fsp3) is 0.458. The van der Waals surface area contributed by atoms with Crippen molar-refractivity contribution in [1.29, 1.82) is 0 Å². The number of amides is 1. The molecule has 0 aliphatic carbocycles. The first-order chi connectivity index (χ1) is 14.1. The second kappa shape index (κ2) is 8.54. The van der Waals surface area contributed by atoms with Gasteiger partial charge in [-0.25, -0.2) is 4.39 Å². The molecule has 29 heavy (non-hydrogen) atoms. The largest absolute Gasteiger partial charge is 0.497 e. The van der Waals surface area contributed by atoms with Crippen molar-refractivity contribution >= 4 is 5.91 Å². The zero-order valence-electron chi connectivity index (χ0n) is 17.1. The first kappa shape index (κ1) is 19.9. The Morgan fingerprint density at radius 2 is 1.93 bits per heavy atom. The highest BCUT2D eigenvalue weighted by Crippen LogP contribution is 2.40. The van der Waals surface area contributed by atoms with Crippen LogP contribution in [-0.2, 0) is 17.8 Å². The van der Waals surface area contributed by atoms with Gasteiger partial charge in [-0.15, -0.1) is 0 Å². The van der Waals surface area contributed by atoms with Crippen LogP contribution in [0.1, 0.15) is 30.4 Å². The van der Waals surface area contributed by atoms with Gasteiger partial charge in [0, 0.05) is 31.7 Å². The average Bonchev–Trinajstić information content (AvgIpc) is 3.16. The van der Waals surface area contributed by atoms with Gasteiger partial charge in [0.25, 0.3) is 0 Å². The van der Waals surface area contributed by atoms with E-state index in [1.165, 1.54) is 11.6 Å². The minimum Gasteiger partial charge on any atom is -0.497 e. The molecule has 0 unspecified atom stereocenters. The van der Waals surface area contributed by atoms with Crippen LogP contribution in [0.25, 0.3) is 0 Å². The van der Waals surface area contributed by atoms with Crippen molar-refractivity contribution in [3.63, 3.8) is 0 Å². The molecule has 0 N–H and O–H groups in total. The molecule has 0 bridgehead atoms. The molecule has 2 aliphatic heterocycles. The average molecular weight is 397 g/mol. The molecule has 2 aliphatic rings. The molecule has 4 rings (SSSR count). The maximum absolute atomic E-state index is 14.3. The molecule has 5 heteroatoms. The van der Waals surface area contributed by atoms with Gasteiger partial charge < -0.3 is 14.5 Å². The Labute approximate surface area is 172 Å². The van der Waals surface area contributed by atoms with Gasteiger partial charge >= 0.3 is 0 Å². The third-order valence-electron chi connectivity index (χ3n) is 6.43. The lowest BCUT2D eigenvalue weighted by Crippen LogP contribution is -2.49. The molecule has 2 heterocycles. The van der Waals surface area contributed by atoms with Crippen LogP contribution in [0, 0.1) is 11.2 Å². The minimum absolute atomic E-state index is 0.188. The maximum atomic E-state index is 14.3. The van der Waals surface area contributed by atoms with E-state index in [0.717, 1.165) is 45.3 Å². The Morgan fingerprint density at radius 1 is 1.10 bits per heavy atom. The third-order valence-corrected chi connectivity index (χ3v) is 6.43. The smallest absolute Gasteiger partial charge is 0.230 e. The van der Waals surface area contributed by atoms with Crippen molar-refractivity contribution in [3.05, 3.63) is 65.5 Å². The lowest BCUT2D eigenvalue weighted by atomic mass is 9.78. The molecule has 0 saturated carbocycles. The molecule has 2 saturated heterocycles. The lowest BCUT2D eigenvalue weighted by molar-refractivity contribution is -0.146. The summed E-state index contributed by atoms with van der Waals surface area (Å²) in [5, 5.41) is 0. The van der Waals surface area contributed by atoms with Crippen LogP contribution in [0.2, 0.25) is 0 Å². The molecule has 2 aromatic carbocycles. The number of halogens is 1. The Bertz CT molecular complexity index is 857. The van der Waals surface area contributed by atoms with Gasteiger partial charge in [0.15, 0.2) is 0 Å². The number of methoxy groups -OCH3 is 1. The standard InChI is InChI=1S/C24H29FN2O2/c1-29-21-8-9-22(25)20(16-21)17-27-13-5-11-24(23(27)28)12-15-26(18-24)14-10-19-6-3-2-4-7-19/h2-4,6-9,16H,5,10-15,17-18H2,1H3/t24-/m0/s1. The van der Waals surface area contributed by atoms with E-state index in [2.05, 4.69) is 29.2 Å². The summed E-state index contributed by atoms with van der Waals surface area (Å²) in [6.45, 7) is 3.76. The first-order valence-corrected chi connectivity index (χ1v) is 10.5. The highest BCUT2D eigenvalue weighted by Gasteiger charge is 2.48. The SMILES string of the molecule is COc1ccc(F)c(CN2CCC[C@@]3(CCN(CCc4ccccc4)C3)C2=O)c1. The number of carbonyl (C=O) groups excluding carboxylic acids is 1. The summed E-state index contributed by atoms with van der Waals surface area (Å²) in [4.78, 5) is 17.7. The van der Waals surface area contributed by atoms with Crippen LogP contribution in [0.5, 0.6) is 5.75 Å². The highest BCUT2D eigenvalue weighted by molar-refractivity contribution is 5.84. The maximum Gasteiger partial charge on any atom is 0.230 e. The predicted molar refractivity (Wildman–Crippen MR) is 111 cm³/mol. The summed E-state index contributed by atoms with van der Waals surface area (Å²) < 4.78 is 19.5. The van der Waals surface area contributed by atoms with Crippen LogP contribution in [0.3, 0.4) is 0 Å². The first-order valence-electron chi connectivity index (χ1n) is 10.5. The summed E-state index contributed by atoms with van der Waals surface area (Å²) in [5.41, 5.74) is 1.55. The number of piperidine rings is 1. The fourth-order valence-corrected chi connectivity index (χ4v) is 4.77. The minimum atomic E-state index is -0.301. The fourth-order valence-electron chi connectivity index (χ4n) is 4.77. The summed E-state index contributed by atoms with van der Waals surface area (Å²) in [6, 6.07) is 15.2. The number of carbonyl (C=O) groups is 1. The molecule has 154 valence electrons. The highest BCUT2D eigenvalue weighted by atomic mass is 19.1. The van der Waals surface area contributed by atoms with Crippen molar-refractivity contribution in [2.75, 3.05) is 33.3 Å². The van der Waals surface area contributed by atoms with E-state index in [1.807, 2.05) is 11.0 Å². The normalized spacial score (nSPS) is 22.4. The number of nitrogens with zero attached hydrogens (tertiary/aromatic N) is 2. The number of likely N-dealkylation sites (tertiary alicyclic amines) is 2. The van der Waals surface area contributed by atoms with Crippen LogP contribution in [-0.4, -0.2) is 49.0 Å². The van der Waals surface area contributed by atoms with Gasteiger partial charge in [-0.2, -0.15) is 0 Å². The number of hydrogen-bond acceptors (Lipinski definition) is 3. The molecule has 1 amide bonds. The molecular weight excluding hydrogens is 367 g/mol. The van der Waals surface area contributed by atoms with Crippen molar-refractivity contribution in [3.8, 4) is 5.75 Å². The van der Waals surface area contributed by atoms with Crippen LogP contribution in [0.4, 0.5) is 4.39 Å². The molecule has 2 fully saturated rings. The van der Waals surface area contributed by atoms with Crippen LogP contribution < -0.4 is 4.74 Å². The predicted octanol–water partition coefficient (Wildman–Crippen LogP) is 3.89. The van der Waals surface area contributed by atoms with Gasteiger partial charge in [0.1, 0.15) is 11.6 Å². The molecule has 1 spiro atoms. The second-order valence-corrected chi connectivity index (χ2v) is 8.33. The van der Waals surface area contributed by atoms with Crippen LogP contribution >= 0.6 is 0 Å². The molecule has 0 aromatic heterocycles. The summed E-state index contributed by atoms with van der Waals surface area (Å²) >= 11 is 0. The molecule has 0 radical (unpaired) electrons. The van der Waals surface area contributed by atoms with Gasteiger partial charge in [-0.05, 0) is 56.0 Å². The second-order valence-electron chi connectivity index (χ2n) is 8.33. The number of benzene rings is 2. The monoisotopic (exact) mass is 396 g/mol. The topological polar surface area (TPSA) is 32.8 Å². The number of ether oxygens (including phenoxy) is 1. The number of hydrogen-bond donors (Lipinski definition) is 0. The third kappa shape index (κ3) is 4.30. The van der Waals surface area contributed by atoms with E-state index < -0.39 is 0 Å². The van der Waals surface area contributed by atoms with E-state index in [1.54, 1.807) is 19.2 Å². The lowest BCUT2D eigenvalue weighted by Gasteiger charge is -2.39. The Morgan fingerprint density at radius 3 is 2.72 bits per heavy atom. The molecular formula is C24H29FN2O2. The molecule has 4 nitrogen and oxygen atoms in total. The van der Waals surface area contributed by atoms with E-state index in [9.17, 15) is 9.18 Å². The Balaban J connectivity index is 1.41. The molecule has 2 aromatic rings. The van der Waals surface area contributed by atoms with E-state index in [-0.39, 0.29) is 17.1 Å². The summed E-state index contributed by atoms with van der Waals surface area (Å²) in [7, 11) is 1.57. The van der Waals surface area contributed by atoms with Gasteiger partial charge in [0.2, 0.25) is 5.91 Å². The molecule has 1 atom stereocenters. The van der Waals surface area contributed by atoms with Crippen molar-refractivity contribution in [1.82, 2.24) is 9.80 Å². The van der Waals surface area contributed by atoms with Gasteiger partial charge in [0.05, 0.1) is 12.5 Å². The van der Waals surface area contributed by atoms with Crippen molar-refractivity contribution in [2.24, 2.45) is 5.41 Å². The van der Waals surface area contributed by atoms with E-state index >= 15 is 0 Å². The summed E-state index contributed by atoms with van der Waals surface area (Å²) in [6.07, 6.45) is 3.82. The Kier molecular flexibility index (Phi) is 5.86. The quantitative estimate of drug-likeness (QED) is 0.743. The summed E-state index contributed by atoms with van der Waals surface area (Å²) in [5.74, 6) is 0.524. The number of rotatable bonds is 6. The Hall–Kier alpha value is -2.40. The van der Waals surface area contributed by atoms with E-state index in [4.69, 9.17) is 4.74 Å². The van der Waals surface area contributed by atoms with Crippen LogP contribution in [0.15, 0.2) is 48.5 Å². The zero-order chi connectivity index (χ0) is 20.3. The van der Waals surface area contributed by atoms with Crippen molar-refractivity contribution in [2.45, 2.75) is 32.2 Å². The van der Waals surface area contributed by atoms with Crippen molar-refractivity contribution < 1.29 is 13.9 Å². The zero-order valence-corrected chi connectivity index (χ0v) is 17.1. The van der Waals surface area contributed by atoms with Gasteiger partial charge in [-0.1, -0.05) is 30.3 Å². The van der Waals surface area contributed by atoms with Gasteiger partial charge in [-0.3, -0.25) is 4.79 Å².